The summed E-state index contributed by atoms with van der Waals surface area (Å²) < 4.78 is 39.3. The lowest BCUT2D eigenvalue weighted by molar-refractivity contribution is -0.141. The number of aromatic nitrogens is 1. The summed E-state index contributed by atoms with van der Waals surface area (Å²) in [5, 5.41) is 10.5. The van der Waals surface area contributed by atoms with Crippen molar-refractivity contribution in [2.45, 2.75) is 11.2 Å². The Labute approximate surface area is 126 Å². The average Bonchev–Trinajstić information content (AvgIpc) is 2.98. The van der Waals surface area contributed by atoms with E-state index in [1.54, 1.807) is 17.5 Å². The summed E-state index contributed by atoms with van der Waals surface area (Å²) in [5.74, 6) is -0.783. The molecule has 3 nitrogen and oxygen atoms in total. The van der Waals surface area contributed by atoms with E-state index < -0.39 is 23.2 Å². The minimum Gasteiger partial charge on any atom is -0.288 e. The average molecular weight is 328 g/mol. The molecule has 0 radical (unpaired) electrons. The molecular formula is C13H7F3N2OS2. The normalized spacial score (nSPS) is 11.2. The Bertz CT molecular complexity index is 718. The van der Waals surface area contributed by atoms with Gasteiger partial charge in [0.05, 0.1) is 16.0 Å². The van der Waals surface area contributed by atoms with Crippen LogP contribution >= 0.6 is 23.1 Å². The number of halogens is 3. The lowest BCUT2D eigenvalue weighted by Crippen LogP contribution is -2.17. The Morgan fingerprint density at radius 1 is 1.48 bits per heavy atom. The number of hydrogen-bond acceptors (Lipinski definition) is 5. The number of rotatable bonds is 3. The van der Waals surface area contributed by atoms with Crippen molar-refractivity contribution >= 4 is 28.9 Å². The van der Waals surface area contributed by atoms with Crippen LogP contribution in [0.3, 0.4) is 0 Å². The minimum absolute atomic E-state index is 0.0459. The second-order valence-electron chi connectivity index (χ2n) is 3.86. The first-order valence-electron chi connectivity index (χ1n) is 5.53. The highest BCUT2D eigenvalue weighted by Gasteiger charge is 2.38. The summed E-state index contributed by atoms with van der Waals surface area (Å²) in [4.78, 5) is 15.8. The van der Waals surface area contributed by atoms with Crippen LogP contribution in [0.2, 0.25) is 0 Å². The molecule has 0 N–H and O–H groups in total. The van der Waals surface area contributed by atoms with Crippen molar-refractivity contribution in [2.24, 2.45) is 0 Å². The van der Waals surface area contributed by atoms with Gasteiger partial charge >= 0.3 is 6.18 Å². The van der Waals surface area contributed by atoms with Crippen LogP contribution in [0.5, 0.6) is 0 Å². The number of ketones is 1. The topological polar surface area (TPSA) is 53.8 Å². The molecule has 8 heteroatoms. The Morgan fingerprint density at radius 3 is 2.67 bits per heavy atom. The van der Waals surface area contributed by atoms with Crippen molar-refractivity contribution in [1.82, 2.24) is 4.98 Å². The van der Waals surface area contributed by atoms with E-state index in [0.29, 0.717) is 0 Å². The van der Waals surface area contributed by atoms with Crippen molar-refractivity contribution in [3.8, 4) is 6.07 Å². The molecule has 2 heterocycles. The van der Waals surface area contributed by atoms with Gasteiger partial charge in [-0.25, -0.2) is 4.98 Å². The van der Waals surface area contributed by atoms with Gasteiger partial charge in [-0.05, 0) is 23.8 Å². The van der Waals surface area contributed by atoms with E-state index >= 15 is 0 Å². The lowest BCUT2D eigenvalue weighted by atomic mass is 10.1. The minimum atomic E-state index is -4.76. The highest BCUT2D eigenvalue weighted by Crippen LogP contribution is 2.34. The van der Waals surface area contributed by atoms with E-state index in [4.69, 9.17) is 5.26 Å². The molecule has 0 aliphatic carbocycles. The molecule has 0 aliphatic rings. The molecule has 0 atom stereocenters. The maximum Gasteiger partial charge on any atom is 0.434 e. The molecule has 0 spiro atoms. The fourth-order valence-corrected chi connectivity index (χ4v) is 2.85. The van der Waals surface area contributed by atoms with E-state index in [9.17, 15) is 18.0 Å². The molecule has 2 aromatic heterocycles. The molecule has 2 rings (SSSR count). The van der Waals surface area contributed by atoms with Crippen LogP contribution < -0.4 is 0 Å². The molecule has 0 bridgehead atoms. The first-order valence-corrected chi connectivity index (χ1v) is 7.63. The van der Waals surface area contributed by atoms with Crippen LogP contribution in [0, 0.1) is 11.3 Å². The highest BCUT2D eigenvalue weighted by atomic mass is 32.2. The third-order valence-corrected chi connectivity index (χ3v) is 4.13. The van der Waals surface area contributed by atoms with Crippen molar-refractivity contribution in [3.05, 3.63) is 45.3 Å². The standard InChI is InChI=1S/C13H7F3N2OS2/c1-20-12-7(6-17)5-8(11(18-12)13(14,15)16)10(19)9-3-2-4-21-9/h2-5H,1H3. The van der Waals surface area contributed by atoms with Crippen LogP contribution in [0.25, 0.3) is 0 Å². The molecule has 0 aliphatic heterocycles. The summed E-state index contributed by atoms with van der Waals surface area (Å²) in [7, 11) is 0. The number of thiophene rings is 1. The quantitative estimate of drug-likeness (QED) is 0.631. The van der Waals surface area contributed by atoms with Crippen LogP contribution in [0.15, 0.2) is 28.6 Å². The fraction of sp³-hybridized carbons (Fsp3) is 0.154. The number of thioether (sulfide) groups is 1. The van der Waals surface area contributed by atoms with E-state index in [-0.39, 0.29) is 15.5 Å². The second-order valence-corrected chi connectivity index (χ2v) is 5.60. The number of nitriles is 1. The summed E-state index contributed by atoms with van der Waals surface area (Å²) in [6, 6.07) is 5.73. The lowest BCUT2D eigenvalue weighted by Gasteiger charge is -2.12. The molecule has 0 unspecified atom stereocenters. The zero-order valence-electron chi connectivity index (χ0n) is 10.6. The SMILES string of the molecule is CSc1nc(C(F)(F)F)c(C(=O)c2cccs2)cc1C#N. The van der Waals surface area contributed by atoms with Crippen LogP contribution in [-0.2, 0) is 6.18 Å². The predicted octanol–water partition coefficient (Wildman–Crippen LogP) is 3.99. The molecule has 0 saturated heterocycles. The first-order chi connectivity index (χ1) is 9.88. The van der Waals surface area contributed by atoms with Crippen molar-refractivity contribution < 1.29 is 18.0 Å². The molecule has 2 aromatic rings. The monoisotopic (exact) mass is 328 g/mol. The zero-order chi connectivity index (χ0) is 15.6. The van der Waals surface area contributed by atoms with Crippen molar-refractivity contribution in [1.29, 1.82) is 5.26 Å². The summed E-state index contributed by atoms with van der Waals surface area (Å²) in [6.07, 6.45) is -3.25. The zero-order valence-corrected chi connectivity index (χ0v) is 12.2. The van der Waals surface area contributed by atoms with Gasteiger partial charge in [0.15, 0.2) is 5.69 Å². The van der Waals surface area contributed by atoms with Gasteiger partial charge in [0, 0.05) is 0 Å². The van der Waals surface area contributed by atoms with Gasteiger partial charge in [0.2, 0.25) is 5.78 Å². The van der Waals surface area contributed by atoms with Gasteiger partial charge in [-0.15, -0.1) is 23.1 Å². The van der Waals surface area contributed by atoms with Crippen molar-refractivity contribution in [3.63, 3.8) is 0 Å². The molecule has 0 saturated carbocycles. The first kappa shape index (κ1) is 15.5. The van der Waals surface area contributed by atoms with Crippen LogP contribution in [-0.4, -0.2) is 17.0 Å². The van der Waals surface area contributed by atoms with Crippen molar-refractivity contribution in [2.75, 3.05) is 6.26 Å². The van der Waals surface area contributed by atoms with E-state index in [2.05, 4.69) is 4.98 Å². The summed E-state index contributed by atoms with van der Waals surface area (Å²) in [5.41, 5.74) is -1.90. The molecule has 0 aromatic carbocycles. The number of hydrogen-bond donors (Lipinski definition) is 0. The highest BCUT2D eigenvalue weighted by molar-refractivity contribution is 7.98. The van der Waals surface area contributed by atoms with Gasteiger partial charge in [-0.2, -0.15) is 18.4 Å². The Balaban J connectivity index is 2.69. The van der Waals surface area contributed by atoms with Gasteiger partial charge in [0.1, 0.15) is 11.1 Å². The van der Waals surface area contributed by atoms with Crippen LogP contribution in [0.1, 0.15) is 26.5 Å². The Kier molecular flexibility index (Phi) is 4.34. The van der Waals surface area contributed by atoms with Gasteiger partial charge in [-0.1, -0.05) is 6.07 Å². The van der Waals surface area contributed by atoms with E-state index in [1.165, 1.54) is 12.3 Å². The fourth-order valence-electron chi connectivity index (χ4n) is 1.66. The van der Waals surface area contributed by atoms with E-state index in [1.807, 2.05) is 0 Å². The number of carbonyl (C=O) groups excluding carboxylic acids is 1. The molecule has 0 fully saturated rings. The smallest absolute Gasteiger partial charge is 0.288 e. The maximum atomic E-state index is 13.1. The van der Waals surface area contributed by atoms with Gasteiger partial charge in [0.25, 0.3) is 0 Å². The van der Waals surface area contributed by atoms with Crippen LogP contribution in [0.4, 0.5) is 13.2 Å². The molecule has 21 heavy (non-hydrogen) atoms. The van der Waals surface area contributed by atoms with Gasteiger partial charge < -0.3 is 0 Å². The Morgan fingerprint density at radius 2 is 2.19 bits per heavy atom. The largest absolute Gasteiger partial charge is 0.434 e. The molecule has 108 valence electrons. The summed E-state index contributed by atoms with van der Waals surface area (Å²) >= 11 is 1.96. The maximum absolute atomic E-state index is 13.1. The predicted molar refractivity (Wildman–Crippen MR) is 73.5 cm³/mol. The second kappa shape index (κ2) is 5.87. The third kappa shape index (κ3) is 3.09. The van der Waals surface area contributed by atoms with E-state index in [0.717, 1.165) is 29.2 Å². The number of pyridine rings is 1. The number of nitrogens with zero attached hydrogens (tertiary/aromatic N) is 2. The molecular weight excluding hydrogens is 321 g/mol. The number of alkyl halides is 3. The molecule has 0 amide bonds. The summed E-state index contributed by atoms with van der Waals surface area (Å²) in [6.45, 7) is 0. The van der Waals surface area contributed by atoms with Gasteiger partial charge in [-0.3, -0.25) is 4.79 Å². The number of carbonyl (C=O) groups is 1. The third-order valence-electron chi connectivity index (χ3n) is 2.56. The Hall–Kier alpha value is -1.85.